The van der Waals surface area contributed by atoms with Gasteiger partial charge in [0.2, 0.25) is 0 Å². The molecular weight excluding hydrogens is 464 g/mol. The first-order valence-corrected chi connectivity index (χ1v) is 12.0. The number of halogens is 1. The van der Waals surface area contributed by atoms with Crippen molar-refractivity contribution in [3.63, 3.8) is 0 Å². The van der Waals surface area contributed by atoms with Crippen LogP contribution in [0.4, 0.5) is 5.82 Å². The highest BCUT2D eigenvalue weighted by molar-refractivity contribution is 6.31. The van der Waals surface area contributed by atoms with Gasteiger partial charge in [0.1, 0.15) is 17.3 Å². The van der Waals surface area contributed by atoms with Gasteiger partial charge in [0.25, 0.3) is 5.56 Å². The molecule has 0 amide bonds. The molecular formula is C27H27ClN4O3. The molecule has 1 unspecified atom stereocenters. The highest BCUT2D eigenvalue weighted by Crippen LogP contribution is 2.36. The summed E-state index contributed by atoms with van der Waals surface area (Å²) < 4.78 is 7.13. The van der Waals surface area contributed by atoms with E-state index < -0.39 is 6.04 Å². The van der Waals surface area contributed by atoms with Gasteiger partial charge in [-0.25, -0.2) is 4.98 Å². The van der Waals surface area contributed by atoms with Crippen LogP contribution in [0.25, 0.3) is 0 Å². The molecule has 5 rings (SSSR count). The van der Waals surface area contributed by atoms with Crippen molar-refractivity contribution in [2.24, 2.45) is 0 Å². The lowest BCUT2D eigenvalue weighted by Crippen LogP contribution is -2.49. The third-order valence-electron chi connectivity index (χ3n) is 6.54. The molecule has 1 fully saturated rings. The molecule has 1 aromatic carbocycles. The van der Waals surface area contributed by atoms with E-state index in [1.165, 1.54) is 0 Å². The Morgan fingerprint density at radius 3 is 2.51 bits per heavy atom. The molecule has 1 aliphatic heterocycles. The minimum absolute atomic E-state index is 0.0275. The van der Waals surface area contributed by atoms with Gasteiger partial charge in [-0.05, 0) is 48.9 Å². The first-order chi connectivity index (χ1) is 17.0. The predicted molar refractivity (Wildman–Crippen MR) is 136 cm³/mol. The summed E-state index contributed by atoms with van der Waals surface area (Å²) >= 11 is 6.65. The molecule has 4 heterocycles. The molecule has 1 atom stereocenters. The van der Waals surface area contributed by atoms with Crippen LogP contribution in [-0.2, 0) is 6.54 Å². The van der Waals surface area contributed by atoms with Crippen LogP contribution < -0.4 is 10.5 Å². The van der Waals surface area contributed by atoms with Crippen LogP contribution in [0.15, 0.2) is 82.3 Å². The van der Waals surface area contributed by atoms with Crippen molar-refractivity contribution in [3.8, 4) is 5.75 Å². The lowest BCUT2D eigenvalue weighted by molar-refractivity contribution is 0.207. The topological polar surface area (TPSA) is 74.7 Å². The summed E-state index contributed by atoms with van der Waals surface area (Å²) in [5.41, 5.74) is 1.52. The Balaban J connectivity index is 1.55. The number of benzene rings is 1. The van der Waals surface area contributed by atoms with Crippen LogP contribution in [0.3, 0.4) is 0 Å². The van der Waals surface area contributed by atoms with Crippen LogP contribution in [0, 0.1) is 6.92 Å². The summed E-state index contributed by atoms with van der Waals surface area (Å²) in [7, 11) is 0. The normalized spacial score (nSPS) is 15.3. The second-order valence-electron chi connectivity index (χ2n) is 8.69. The molecule has 180 valence electrons. The first-order valence-electron chi connectivity index (χ1n) is 11.6. The van der Waals surface area contributed by atoms with Gasteiger partial charge in [0, 0.05) is 43.1 Å². The van der Waals surface area contributed by atoms with E-state index in [-0.39, 0.29) is 17.9 Å². The van der Waals surface area contributed by atoms with Crippen LogP contribution in [0.2, 0.25) is 5.02 Å². The smallest absolute Gasteiger partial charge is 0.260 e. The molecule has 4 aromatic rings. The fourth-order valence-corrected chi connectivity index (χ4v) is 5.00. The van der Waals surface area contributed by atoms with Gasteiger partial charge in [-0.3, -0.25) is 9.69 Å². The molecule has 1 aliphatic rings. The largest absolute Gasteiger partial charge is 0.507 e. The summed E-state index contributed by atoms with van der Waals surface area (Å²) in [5.74, 6) is 1.57. The third kappa shape index (κ3) is 4.70. The molecule has 3 aromatic heterocycles. The van der Waals surface area contributed by atoms with Gasteiger partial charge < -0.3 is 19.0 Å². The average Bonchev–Trinajstić information content (AvgIpc) is 3.39. The second-order valence-corrected chi connectivity index (χ2v) is 9.10. The molecule has 0 radical (unpaired) electrons. The van der Waals surface area contributed by atoms with E-state index in [2.05, 4.69) is 14.8 Å². The summed E-state index contributed by atoms with van der Waals surface area (Å²) in [5, 5.41) is 11.6. The molecule has 7 nitrogen and oxygen atoms in total. The maximum absolute atomic E-state index is 13.9. The van der Waals surface area contributed by atoms with Crippen LogP contribution in [0.5, 0.6) is 5.75 Å². The van der Waals surface area contributed by atoms with Gasteiger partial charge in [-0.1, -0.05) is 35.9 Å². The number of hydrogen-bond donors (Lipinski definition) is 1. The zero-order valence-electron chi connectivity index (χ0n) is 19.5. The van der Waals surface area contributed by atoms with Crippen molar-refractivity contribution in [3.05, 3.63) is 111 Å². The van der Waals surface area contributed by atoms with Crippen LogP contribution in [0.1, 0.15) is 28.6 Å². The standard InChI is InChI=1S/C27H27ClN4O3/c1-19-17-23(33)25(27(34)32(19)18-20-7-6-16-35-20)26(21-8-2-3-9-22(21)28)31-14-12-30(13-15-31)24-10-4-5-11-29-24/h2-11,16-17,26,33H,12-15,18H2,1H3. The van der Waals surface area contributed by atoms with E-state index >= 15 is 0 Å². The van der Waals surface area contributed by atoms with Gasteiger partial charge in [0.15, 0.2) is 0 Å². The fourth-order valence-electron chi connectivity index (χ4n) is 4.76. The molecule has 0 spiro atoms. The molecule has 35 heavy (non-hydrogen) atoms. The number of hydrogen-bond acceptors (Lipinski definition) is 6. The number of anilines is 1. The van der Waals surface area contributed by atoms with E-state index in [1.807, 2.05) is 55.5 Å². The first kappa shape index (κ1) is 23.2. The number of furan rings is 1. The quantitative estimate of drug-likeness (QED) is 0.430. The highest BCUT2D eigenvalue weighted by Gasteiger charge is 2.33. The molecule has 0 saturated carbocycles. The molecule has 0 aliphatic carbocycles. The number of rotatable bonds is 6. The SMILES string of the molecule is Cc1cc(O)c(C(c2ccccc2Cl)N2CCN(c3ccccn3)CC2)c(=O)n1Cc1ccco1. The van der Waals surface area contributed by atoms with E-state index in [1.54, 1.807) is 29.2 Å². The third-order valence-corrected chi connectivity index (χ3v) is 6.89. The van der Waals surface area contributed by atoms with E-state index in [0.717, 1.165) is 24.5 Å². The van der Waals surface area contributed by atoms with Crippen molar-refractivity contribution in [2.45, 2.75) is 19.5 Å². The van der Waals surface area contributed by atoms with Gasteiger partial charge in [-0.15, -0.1) is 0 Å². The Bertz CT molecular complexity index is 1350. The highest BCUT2D eigenvalue weighted by atomic mass is 35.5. The maximum atomic E-state index is 13.9. The van der Waals surface area contributed by atoms with Crippen molar-refractivity contribution in [2.75, 3.05) is 31.1 Å². The van der Waals surface area contributed by atoms with Crippen LogP contribution in [-0.4, -0.2) is 45.7 Å². The average molecular weight is 491 g/mol. The number of aromatic hydroxyl groups is 1. The fraction of sp³-hybridized carbons (Fsp3) is 0.259. The summed E-state index contributed by atoms with van der Waals surface area (Å²) in [6.07, 6.45) is 3.38. The van der Waals surface area contributed by atoms with E-state index in [9.17, 15) is 9.90 Å². The predicted octanol–water partition coefficient (Wildman–Crippen LogP) is 4.46. The number of pyridine rings is 2. The van der Waals surface area contributed by atoms with Gasteiger partial charge in [0.05, 0.1) is 24.4 Å². The number of aromatic nitrogens is 2. The number of nitrogens with zero attached hydrogens (tertiary/aromatic N) is 4. The Hall–Kier alpha value is -3.55. The van der Waals surface area contributed by atoms with Gasteiger partial charge in [-0.2, -0.15) is 0 Å². The Morgan fingerprint density at radius 2 is 1.83 bits per heavy atom. The van der Waals surface area contributed by atoms with E-state index in [0.29, 0.717) is 35.1 Å². The summed E-state index contributed by atoms with van der Waals surface area (Å²) in [6.45, 7) is 4.93. The number of piperazine rings is 1. The molecule has 1 N–H and O–H groups in total. The van der Waals surface area contributed by atoms with Crippen molar-refractivity contribution in [1.82, 2.24) is 14.5 Å². The van der Waals surface area contributed by atoms with E-state index in [4.69, 9.17) is 16.0 Å². The summed E-state index contributed by atoms with van der Waals surface area (Å²) in [6, 6.07) is 18.2. The molecule has 8 heteroatoms. The monoisotopic (exact) mass is 490 g/mol. The van der Waals surface area contributed by atoms with Crippen molar-refractivity contribution in [1.29, 1.82) is 0 Å². The number of aryl methyl sites for hydroxylation is 1. The Kier molecular flexibility index (Phi) is 6.61. The zero-order chi connectivity index (χ0) is 24.4. The molecule has 1 saturated heterocycles. The zero-order valence-corrected chi connectivity index (χ0v) is 20.2. The van der Waals surface area contributed by atoms with Crippen molar-refractivity contribution >= 4 is 17.4 Å². The van der Waals surface area contributed by atoms with Gasteiger partial charge >= 0.3 is 0 Å². The van der Waals surface area contributed by atoms with Crippen molar-refractivity contribution < 1.29 is 9.52 Å². The minimum Gasteiger partial charge on any atom is -0.507 e. The Morgan fingerprint density at radius 1 is 1.06 bits per heavy atom. The summed E-state index contributed by atoms with van der Waals surface area (Å²) in [4.78, 5) is 22.8. The lowest BCUT2D eigenvalue weighted by atomic mass is 9.95. The van der Waals surface area contributed by atoms with Crippen LogP contribution >= 0.6 is 11.6 Å². The maximum Gasteiger partial charge on any atom is 0.260 e. The molecule has 0 bridgehead atoms. The second kappa shape index (κ2) is 9.98. The Labute approximate surface area is 208 Å². The lowest BCUT2D eigenvalue weighted by Gasteiger charge is -2.40. The minimum atomic E-state index is -0.495.